The predicted molar refractivity (Wildman–Crippen MR) is 155 cm³/mol. The van der Waals surface area contributed by atoms with Crippen LogP contribution in [-0.2, 0) is 16.8 Å². The number of aryl methyl sites for hydroxylation is 1. The molecule has 0 fully saturated rings. The third-order valence-electron chi connectivity index (χ3n) is 7.31. The average Bonchev–Trinajstić information content (AvgIpc) is 3.37. The number of ether oxygens (including phenoxy) is 1. The molecule has 0 aliphatic carbocycles. The summed E-state index contributed by atoms with van der Waals surface area (Å²) in [6.45, 7) is 13.0. The molecule has 3 aromatic carbocycles. The van der Waals surface area contributed by atoms with Crippen LogP contribution in [0, 0.1) is 13.8 Å². The molecule has 1 aliphatic heterocycles. The van der Waals surface area contributed by atoms with E-state index in [0.29, 0.717) is 18.1 Å². The van der Waals surface area contributed by atoms with Crippen LogP contribution in [0.25, 0.3) is 0 Å². The van der Waals surface area contributed by atoms with E-state index in [9.17, 15) is 4.79 Å². The average molecular weight is 522 g/mol. The van der Waals surface area contributed by atoms with Crippen molar-refractivity contribution in [3.63, 3.8) is 0 Å². The number of allylic oxidation sites excluding steroid dienone is 1. The summed E-state index contributed by atoms with van der Waals surface area (Å²) in [5, 5.41) is 10.8. The molecule has 0 radical (unpaired) electrons. The molecule has 5 rings (SSSR count). The summed E-state index contributed by atoms with van der Waals surface area (Å²) in [4.78, 5) is 18.0. The van der Waals surface area contributed by atoms with Crippen molar-refractivity contribution in [2.45, 2.75) is 59.6 Å². The van der Waals surface area contributed by atoms with E-state index in [2.05, 4.69) is 65.8 Å². The van der Waals surface area contributed by atoms with Gasteiger partial charge < -0.3 is 15.4 Å². The van der Waals surface area contributed by atoms with E-state index in [1.54, 1.807) is 4.68 Å². The van der Waals surface area contributed by atoms with E-state index in [0.717, 1.165) is 39.4 Å². The molecule has 1 aromatic heterocycles. The topological polar surface area (TPSA) is 81.1 Å². The Balaban J connectivity index is 1.37. The summed E-state index contributed by atoms with van der Waals surface area (Å²) >= 11 is 0. The predicted octanol–water partition coefficient (Wildman–Crippen LogP) is 6.70. The van der Waals surface area contributed by atoms with Gasteiger partial charge in [0.2, 0.25) is 5.95 Å². The molecule has 1 aliphatic rings. The number of nitrogens with one attached hydrogen (secondary N) is 2. The second-order valence-corrected chi connectivity index (χ2v) is 11.1. The van der Waals surface area contributed by atoms with Gasteiger partial charge in [-0.15, -0.1) is 0 Å². The normalized spacial score (nSPS) is 15.0. The standard InChI is InChI=1S/C32H35N5O2/c1-20-8-7-9-27(21(20)2)36-30(38)28-22(3)35-31-33-19-34-37(31)29(28)24-12-16-26(17-13-24)39-18-23-10-14-25(15-11-23)32(4,5)6/h7-17,19,29H,18H2,1-6H3,(H,36,38)(H,33,34,35). The van der Waals surface area contributed by atoms with Gasteiger partial charge in [-0.2, -0.15) is 10.1 Å². The van der Waals surface area contributed by atoms with E-state index in [4.69, 9.17) is 4.74 Å². The second-order valence-electron chi connectivity index (χ2n) is 11.1. The first-order chi connectivity index (χ1) is 18.6. The number of aromatic nitrogens is 3. The van der Waals surface area contributed by atoms with Gasteiger partial charge in [0.15, 0.2) is 0 Å². The van der Waals surface area contributed by atoms with Gasteiger partial charge in [-0.3, -0.25) is 4.79 Å². The quantitative estimate of drug-likeness (QED) is 0.295. The minimum absolute atomic E-state index is 0.120. The van der Waals surface area contributed by atoms with Crippen LogP contribution in [0.15, 0.2) is 84.3 Å². The monoisotopic (exact) mass is 521 g/mol. The summed E-state index contributed by atoms with van der Waals surface area (Å²) in [7, 11) is 0. The zero-order valence-corrected chi connectivity index (χ0v) is 23.4. The lowest BCUT2D eigenvalue weighted by Crippen LogP contribution is -2.31. The first kappa shape index (κ1) is 26.2. The molecule has 0 bridgehead atoms. The van der Waals surface area contributed by atoms with Crippen LogP contribution in [0.3, 0.4) is 0 Å². The fourth-order valence-corrected chi connectivity index (χ4v) is 4.78. The molecular weight excluding hydrogens is 486 g/mol. The van der Waals surface area contributed by atoms with Crippen molar-refractivity contribution in [1.29, 1.82) is 0 Å². The van der Waals surface area contributed by atoms with Gasteiger partial charge in [0, 0.05) is 11.4 Å². The van der Waals surface area contributed by atoms with Gasteiger partial charge in [-0.25, -0.2) is 4.68 Å². The van der Waals surface area contributed by atoms with E-state index >= 15 is 0 Å². The maximum Gasteiger partial charge on any atom is 0.255 e. The van der Waals surface area contributed by atoms with Crippen LogP contribution in [0.5, 0.6) is 5.75 Å². The Morgan fingerprint density at radius 3 is 2.41 bits per heavy atom. The van der Waals surface area contributed by atoms with Crippen molar-refractivity contribution in [3.05, 3.63) is 112 Å². The number of nitrogens with zero attached hydrogens (tertiary/aromatic N) is 3. The summed E-state index contributed by atoms with van der Waals surface area (Å²) in [5.41, 5.74) is 7.72. The lowest BCUT2D eigenvalue weighted by Gasteiger charge is -2.29. The van der Waals surface area contributed by atoms with Gasteiger partial charge in [0.25, 0.3) is 5.91 Å². The van der Waals surface area contributed by atoms with Crippen LogP contribution >= 0.6 is 0 Å². The summed E-state index contributed by atoms with van der Waals surface area (Å²) < 4.78 is 7.82. The van der Waals surface area contributed by atoms with Crippen molar-refractivity contribution in [3.8, 4) is 5.75 Å². The second kappa shape index (κ2) is 10.4. The molecule has 1 atom stereocenters. The Morgan fingerprint density at radius 2 is 1.72 bits per heavy atom. The number of rotatable bonds is 6. The van der Waals surface area contributed by atoms with Crippen LogP contribution in [-0.4, -0.2) is 20.7 Å². The van der Waals surface area contributed by atoms with Gasteiger partial charge in [0.05, 0.1) is 5.57 Å². The smallest absolute Gasteiger partial charge is 0.255 e. The number of hydrogen-bond donors (Lipinski definition) is 2. The zero-order chi connectivity index (χ0) is 27.7. The van der Waals surface area contributed by atoms with Crippen LogP contribution < -0.4 is 15.4 Å². The highest BCUT2D eigenvalue weighted by atomic mass is 16.5. The third kappa shape index (κ3) is 5.43. The number of hydrogen-bond acceptors (Lipinski definition) is 5. The van der Waals surface area contributed by atoms with Crippen molar-refractivity contribution in [1.82, 2.24) is 14.8 Å². The molecule has 4 aromatic rings. The fraction of sp³-hybridized carbons (Fsp3) is 0.281. The molecular formula is C32H35N5O2. The van der Waals surface area contributed by atoms with E-state index in [-0.39, 0.29) is 11.3 Å². The molecule has 1 unspecified atom stereocenters. The van der Waals surface area contributed by atoms with Gasteiger partial charge in [-0.1, -0.05) is 69.3 Å². The molecule has 2 N–H and O–H groups in total. The third-order valence-corrected chi connectivity index (χ3v) is 7.31. The highest BCUT2D eigenvalue weighted by molar-refractivity contribution is 6.06. The lowest BCUT2D eigenvalue weighted by atomic mass is 9.87. The summed E-state index contributed by atoms with van der Waals surface area (Å²) in [5.74, 6) is 1.17. The Morgan fingerprint density at radius 1 is 1.00 bits per heavy atom. The first-order valence-electron chi connectivity index (χ1n) is 13.2. The Bertz CT molecular complexity index is 1530. The molecule has 7 heteroatoms. The number of anilines is 2. The minimum Gasteiger partial charge on any atom is -0.489 e. The zero-order valence-electron chi connectivity index (χ0n) is 23.4. The number of carbonyl (C=O) groups is 1. The largest absolute Gasteiger partial charge is 0.489 e. The van der Waals surface area contributed by atoms with E-state index in [1.807, 2.05) is 63.2 Å². The Labute approximate surface area is 229 Å². The van der Waals surface area contributed by atoms with Crippen molar-refractivity contribution in [2.24, 2.45) is 0 Å². The highest BCUT2D eigenvalue weighted by Crippen LogP contribution is 2.36. The summed E-state index contributed by atoms with van der Waals surface area (Å²) in [6.07, 6.45) is 1.50. The van der Waals surface area contributed by atoms with Crippen LogP contribution in [0.2, 0.25) is 0 Å². The minimum atomic E-state index is -0.437. The molecule has 0 saturated heterocycles. The van der Waals surface area contributed by atoms with Crippen LogP contribution in [0.4, 0.5) is 11.6 Å². The highest BCUT2D eigenvalue weighted by Gasteiger charge is 2.33. The number of benzene rings is 3. The molecule has 0 spiro atoms. The van der Waals surface area contributed by atoms with E-state index in [1.165, 1.54) is 11.9 Å². The molecule has 1 amide bonds. The molecule has 7 nitrogen and oxygen atoms in total. The van der Waals surface area contributed by atoms with Gasteiger partial charge in [-0.05, 0) is 72.2 Å². The van der Waals surface area contributed by atoms with Crippen molar-refractivity contribution in [2.75, 3.05) is 10.6 Å². The van der Waals surface area contributed by atoms with Gasteiger partial charge >= 0.3 is 0 Å². The number of fused-ring (bicyclic) bond motifs is 1. The first-order valence-corrected chi connectivity index (χ1v) is 13.2. The lowest BCUT2D eigenvalue weighted by molar-refractivity contribution is -0.113. The van der Waals surface area contributed by atoms with Crippen LogP contribution in [0.1, 0.15) is 61.6 Å². The number of amides is 1. The fourth-order valence-electron chi connectivity index (χ4n) is 4.78. The SMILES string of the molecule is CC1=C(C(=O)Nc2cccc(C)c2C)C(c2ccc(OCc3ccc(C(C)(C)C)cc3)cc2)n2ncnc2N1. The Hall–Kier alpha value is -4.39. The van der Waals surface area contributed by atoms with Gasteiger partial charge in [0.1, 0.15) is 24.7 Å². The summed E-state index contributed by atoms with van der Waals surface area (Å²) in [6, 6.07) is 21.9. The number of carbonyl (C=O) groups excluding carboxylic acids is 1. The molecule has 2 heterocycles. The molecule has 39 heavy (non-hydrogen) atoms. The van der Waals surface area contributed by atoms with E-state index < -0.39 is 6.04 Å². The molecule has 0 saturated carbocycles. The maximum absolute atomic E-state index is 13.7. The van der Waals surface area contributed by atoms with Crippen molar-refractivity contribution < 1.29 is 9.53 Å². The maximum atomic E-state index is 13.7. The Kier molecular flexibility index (Phi) is 7.00. The molecule has 200 valence electrons. The van der Waals surface area contributed by atoms with Crippen molar-refractivity contribution >= 4 is 17.5 Å².